The van der Waals surface area contributed by atoms with E-state index in [0.29, 0.717) is 31.5 Å². The van der Waals surface area contributed by atoms with E-state index < -0.39 is 35.5 Å². The van der Waals surface area contributed by atoms with Gasteiger partial charge in [-0.25, -0.2) is 9.59 Å². The molecular formula is C27H38N2O7. The van der Waals surface area contributed by atoms with E-state index in [4.69, 9.17) is 14.2 Å². The van der Waals surface area contributed by atoms with E-state index in [-0.39, 0.29) is 25.0 Å². The van der Waals surface area contributed by atoms with Crippen LogP contribution in [0.1, 0.15) is 46.1 Å². The minimum absolute atomic E-state index is 0.145. The van der Waals surface area contributed by atoms with Crippen molar-refractivity contribution in [3.05, 3.63) is 41.5 Å². The number of piperidine rings is 1. The Morgan fingerprint density at radius 1 is 1.19 bits per heavy atom. The maximum Gasteiger partial charge on any atom is 0.410 e. The van der Waals surface area contributed by atoms with E-state index in [1.165, 1.54) is 6.08 Å². The Kier molecular flexibility index (Phi) is 9.00. The van der Waals surface area contributed by atoms with Crippen molar-refractivity contribution in [2.75, 3.05) is 26.9 Å². The Labute approximate surface area is 212 Å². The summed E-state index contributed by atoms with van der Waals surface area (Å²) in [4.78, 5) is 40.5. The molecule has 2 fully saturated rings. The molecule has 2 amide bonds. The number of aliphatic hydroxyl groups is 1. The Morgan fingerprint density at radius 3 is 2.47 bits per heavy atom. The summed E-state index contributed by atoms with van der Waals surface area (Å²) in [6.45, 7) is 7.78. The van der Waals surface area contributed by atoms with E-state index >= 15 is 0 Å². The first kappa shape index (κ1) is 27.5. The second-order valence-electron chi connectivity index (χ2n) is 10.3. The molecule has 2 bridgehead atoms. The van der Waals surface area contributed by atoms with Gasteiger partial charge in [-0.2, -0.15) is 0 Å². The zero-order valence-electron chi connectivity index (χ0n) is 21.8. The number of ether oxygens (including phenoxy) is 3. The van der Waals surface area contributed by atoms with Crippen molar-refractivity contribution in [1.82, 2.24) is 10.2 Å². The predicted octanol–water partition coefficient (Wildman–Crippen LogP) is 3.05. The minimum Gasteiger partial charge on any atom is -0.497 e. The first-order valence-electron chi connectivity index (χ1n) is 12.5. The molecule has 1 saturated carbocycles. The van der Waals surface area contributed by atoms with Gasteiger partial charge in [0, 0.05) is 37.6 Å². The van der Waals surface area contributed by atoms with Crippen LogP contribution in [0.4, 0.5) is 4.79 Å². The average molecular weight is 503 g/mol. The number of aliphatic hydroxyl groups excluding tert-OH is 1. The number of amides is 2. The molecule has 1 aromatic carbocycles. The molecule has 9 heteroatoms. The molecule has 9 nitrogen and oxygen atoms in total. The van der Waals surface area contributed by atoms with Crippen molar-refractivity contribution in [1.29, 1.82) is 0 Å². The summed E-state index contributed by atoms with van der Waals surface area (Å²) in [5.41, 5.74) is 0.880. The molecule has 2 aliphatic rings. The van der Waals surface area contributed by atoms with Crippen LogP contribution in [0.2, 0.25) is 0 Å². The highest BCUT2D eigenvalue weighted by Crippen LogP contribution is 2.46. The number of rotatable bonds is 7. The Bertz CT molecular complexity index is 967. The lowest BCUT2D eigenvalue weighted by molar-refractivity contribution is -0.138. The van der Waals surface area contributed by atoms with Crippen LogP contribution in [0.25, 0.3) is 0 Å². The third kappa shape index (κ3) is 6.57. The average Bonchev–Trinajstić information content (AvgIpc) is 2.82. The molecule has 0 aromatic heterocycles. The van der Waals surface area contributed by atoms with Crippen LogP contribution in [0.3, 0.4) is 0 Å². The van der Waals surface area contributed by atoms with Gasteiger partial charge in [-0.05, 0) is 69.7 Å². The zero-order valence-corrected chi connectivity index (χ0v) is 21.8. The van der Waals surface area contributed by atoms with Gasteiger partial charge in [0.25, 0.3) is 0 Å². The lowest BCUT2D eigenvalue weighted by atomic mass is 9.64. The van der Waals surface area contributed by atoms with E-state index in [1.807, 2.05) is 24.3 Å². The molecule has 1 saturated heterocycles. The molecular weight excluding hydrogens is 464 g/mol. The predicted molar refractivity (Wildman–Crippen MR) is 133 cm³/mol. The summed E-state index contributed by atoms with van der Waals surface area (Å²) in [5, 5.41) is 13.3. The Morgan fingerprint density at radius 2 is 1.89 bits per heavy atom. The number of benzene rings is 1. The van der Waals surface area contributed by atoms with Gasteiger partial charge in [0.2, 0.25) is 5.91 Å². The molecule has 0 unspecified atom stereocenters. The molecule has 36 heavy (non-hydrogen) atoms. The van der Waals surface area contributed by atoms with Crippen LogP contribution < -0.4 is 10.1 Å². The van der Waals surface area contributed by atoms with Crippen molar-refractivity contribution in [2.45, 2.75) is 58.7 Å². The van der Waals surface area contributed by atoms with Crippen molar-refractivity contribution in [3.63, 3.8) is 0 Å². The monoisotopic (exact) mass is 502 g/mol. The molecule has 0 spiro atoms. The fourth-order valence-corrected chi connectivity index (χ4v) is 5.13. The molecule has 1 aliphatic carbocycles. The van der Waals surface area contributed by atoms with Crippen LogP contribution in [-0.4, -0.2) is 66.5 Å². The fraction of sp³-hybridized carbons (Fsp3) is 0.593. The number of likely N-dealkylation sites (tertiary alicyclic amines) is 1. The molecule has 0 radical (unpaired) electrons. The maximum atomic E-state index is 13.4. The van der Waals surface area contributed by atoms with Gasteiger partial charge in [-0.15, -0.1) is 0 Å². The highest BCUT2D eigenvalue weighted by Gasteiger charge is 2.50. The van der Waals surface area contributed by atoms with E-state index in [0.717, 1.165) is 11.3 Å². The van der Waals surface area contributed by atoms with Crippen molar-refractivity contribution < 1.29 is 33.7 Å². The number of fused-ring (bicyclic) bond motifs is 2. The van der Waals surface area contributed by atoms with Gasteiger partial charge < -0.3 is 29.5 Å². The maximum absolute atomic E-state index is 13.4. The quantitative estimate of drug-likeness (QED) is 0.435. The van der Waals surface area contributed by atoms with Crippen LogP contribution >= 0.6 is 0 Å². The fourth-order valence-electron chi connectivity index (χ4n) is 5.13. The van der Waals surface area contributed by atoms with Crippen molar-refractivity contribution >= 4 is 18.0 Å². The van der Waals surface area contributed by atoms with Gasteiger partial charge in [-0.1, -0.05) is 12.1 Å². The summed E-state index contributed by atoms with van der Waals surface area (Å²) < 4.78 is 15.9. The third-order valence-corrected chi connectivity index (χ3v) is 6.67. The second-order valence-corrected chi connectivity index (χ2v) is 10.3. The number of carbonyl (C=O) groups is 3. The highest BCUT2D eigenvalue weighted by atomic mass is 16.6. The smallest absolute Gasteiger partial charge is 0.410 e. The SMILES string of the molecule is CCOC(=O)C=C1[C@@H]2[C@H](CO)C[C@@H](C(=O)NCc3ccc(OC)cc3)[C@H]1CCN2C(=O)OC(C)(C)C. The number of carbonyl (C=O) groups excluding carboxylic acids is 3. The molecule has 1 aliphatic heterocycles. The van der Waals surface area contributed by atoms with Gasteiger partial charge in [-0.3, -0.25) is 4.79 Å². The summed E-state index contributed by atoms with van der Waals surface area (Å²) in [7, 11) is 1.60. The minimum atomic E-state index is -0.688. The number of hydrogen-bond acceptors (Lipinski definition) is 7. The number of hydrogen-bond donors (Lipinski definition) is 2. The zero-order chi connectivity index (χ0) is 26.5. The van der Waals surface area contributed by atoms with Crippen LogP contribution in [0.15, 0.2) is 35.9 Å². The van der Waals surface area contributed by atoms with Crippen LogP contribution in [-0.2, 0) is 25.6 Å². The van der Waals surface area contributed by atoms with Crippen LogP contribution in [0.5, 0.6) is 5.75 Å². The van der Waals surface area contributed by atoms with Gasteiger partial charge in [0.05, 0.1) is 19.8 Å². The number of methoxy groups -OCH3 is 1. The molecule has 1 aromatic rings. The van der Waals surface area contributed by atoms with Crippen molar-refractivity contribution in [3.8, 4) is 5.75 Å². The summed E-state index contributed by atoms with van der Waals surface area (Å²) in [6, 6.07) is 6.90. The summed E-state index contributed by atoms with van der Waals surface area (Å²) in [5.74, 6) is -1.06. The lowest BCUT2D eigenvalue weighted by Crippen LogP contribution is -2.59. The molecule has 2 N–H and O–H groups in total. The topological polar surface area (TPSA) is 114 Å². The third-order valence-electron chi connectivity index (χ3n) is 6.67. The largest absolute Gasteiger partial charge is 0.497 e. The van der Waals surface area contributed by atoms with Crippen molar-refractivity contribution in [2.24, 2.45) is 17.8 Å². The first-order chi connectivity index (χ1) is 17.1. The normalized spacial score (nSPS) is 24.7. The molecule has 1 heterocycles. The lowest BCUT2D eigenvalue weighted by Gasteiger charge is -2.51. The number of nitrogens with one attached hydrogen (secondary N) is 1. The number of esters is 1. The van der Waals surface area contributed by atoms with E-state index in [2.05, 4.69) is 5.32 Å². The van der Waals surface area contributed by atoms with Crippen LogP contribution in [0, 0.1) is 17.8 Å². The Hall–Kier alpha value is -3.07. The second kappa shape index (κ2) is 11.8. The number of nitrogens with zero attached hydrogens (tertiary/aromatic N) is 1. The molecule has 3 rings (SSSR count). The van der Waals surface area contributed by atoms with Gasteiger partial charge in [0.1, 0.15) is 11.4 Å². The first-order valence-corrected chi connectivity index (χ1v) is 12.5. The van der Waals surface area contributed by atoms with E-state index in [1.54, 1.807) is 39.7 Å². The molecule has 4 atom stereocenters. The Balaban J connectivity index is 1.85. The summed E-state index contributed by atoms with van der Waals surface area (Å²) >= 11 is 0. The van der Waals surface area contributed by atoms with Gasteiger partial charge in [0.15, 0.2) is 0 Å². The van der Waals surface area contributed by atoms with Gasteiger partial charge >= 0.3 is 12.1 Å². The standard InChI is InChI=1S/C27H38N2O7/c1-6-35-23(31)14-21-20-11-12-29(26(33)36-27(2,3)4)24(21)18(16-30)13-22(20)25(32)28-15-17-7-9-19(34-5)10-8-17/h7-10,14,18,20,22,24,30H,6,11-13,15-16H2,1-5H3,(H,28,32)/t18-,20-,22+,24-/m0/s1. The molecule has 198 valence electrons. The summed E-state index contributed by atoms with van der Waals surface area (Å²) in [6.07, 6.45) is 1.79. The highest BCUT2D eigenvalue weighted by molar-refractivity contribution is 5.85. The van der Waals surface area contributed by atoms with E-state index in [9.17, 15) is 19.5 Å².